The predicted molar refractivity (Wildman–Crippen MR) is 66.9 cm³/mol. The number of carbonyl (C=O) groups excluding carboxylic acids is 1. The van der Waals surface area contributed by atoms with E-state index >= 15 is 0 Å². The van der Waals surface area contributed by atoms with Crippen LogP contribution in [0.4, 0.5) is 0 Å². The van der Waals surface area contributed by atoms with Gasteiger partial charge < -0.3 is 9.80 Å². The smallest absolute Gasteiger partial charge is 0.254 e. The average Bonchev–Trinajstić information content (AvgIpc) is 3.08. The summed E-state index contributed by atoms with van der Waals surface area (Å²) in [6.45, 7) is 3.17. The van der Waals surface area contributed by atoms with Crippen LogP contribution >= 0.6 is 0 Å². The summed E-state index contributed by atoms with van der Waals surface area (Å²) < 4.78 is 0. The molecule has 0 aromatic heterocycles. The number of rotatable bonds is 1. The summed E-state index contributed by atoms with van der Waals surface area (Å²) >= 11 is 0. The fourth-order valence-electron chi connectivity index (χ4n) is 2.75. The number of amides is 1. The average molecular weight is 230 g/mol. The first-order chi connectivity index (χ1) is 8.21. The Morgan fingerprint density at radius 2 is 1.82 bits per heavy atom. The third-order valence-electron chi connectivity index (χ3n) is 4.11. The van der Waals surface area contributed by atoms with Crippen LogP contribution in [0.1, 0.15) is 23.2 Å². The van der Waals surface area contributed by atoms with Crippen LogP contribution in [-0.2, 0) is 0 Å². The molecule has 90 valence electrons. The van der Waals surface area contributed by atoms with E-state index in [1.165, 1.54) is 0 Å². The van der Waals surface area contributed by atoms with Gasteiger partial charge in [-0.1, -0.05) is 18.2 Å². The fraction of sp³-hybridized carbons (Fsp3) is 0.500. The third-order valence-corrected chi connectivity index (χ3v) is 4.11. The maximum Gasteiger partial charge on any atom is 0.254 e. The number of carbonyl (C=O) groups is 1. The summed E-state index contributed by atoms with van der Waals surface area (Å²) in [5.41, 5.74) is 1.02. The lowest BCUT2D eigenvalue weighted by Gasteiger charge is -2.29. The Morgan fingerprint density at radius 3 is 2.47 bits per heavy atom. The number of benzene rings is 1. The van der Waals surface area contributed by atoms with Crippen LogP contribution in [0.5, 0.6) is 0 Å². The third kappa shape index (κ3) is 1.84. The molecule has 2 aliphatic rings. The second-order valence-corrected chi connectivity index (χ2v) is 5.28. The van der Waals surface area contributed by atoms with E-state index in [0.29, 0.717) is 0 Å². The Morgan fingerprint density at radius 1 is 1.18 bits per heavy atom. The fourth-order valence-corrected chi connectivity index (χ4v) is 2.75. The molecule has 0 bridgehead atoms. The highest BCUT2D eigenvalue weighted by Gasteiger charge is 2.55. The summed E-state index contributed by atoms with van der Waals surface area (Å²) in [4.78, 5) is 16.7. The van der Waals surface area contributed by atoms with Gasteiger partial charge >= 0.3 is 0 Å². The molecule has 0 saturated carbocycles. The molecule has 0 atom stereocenters. The van der Waals surface area contributed by atoms with Crippen molar-refractivity contribution in [1.29, 1.82) is 0 Å². The molecule has 3 rings (SSSR count). The van der Waals surface area contributed by atoms with Gasteiger partial charge in [-0.3, -0.25) is 4.79 Å². The first kappa shape index (κ1) is 10.8. The number of piperidine rings is 1. The van der Waals surface area contributed by atoms with Gasteiger partial charge in [0.15, 0.2) is 0 Å². The molecule has 1 spiro atoms. The Hall–Kier alpha value is -1.35. The topological polar surface area (TPSA) is 23.3 Å². The van der Waals surface area contributed by atoms with Gasteiger partial charge in [0, 0.05) is 25.2 Å². The molecule has 2 heterocycles. The molecule has 0 N–H and O–H groups in total. The second kappa shape index (κ2) is 3.84. The molecule has 2 saturated heterocycles. The number of nitrogens with zero attached hydrogens (tertiary/aromatic N) is 2. The maximum absolute atomic E-state index is 12.3. The van der Waals surface area contributed by atoms with Crippen LogP contribution in [-0.4, -0.2) is 47.9 Å². The van der Waals surface area contributed by atoms with Gasteiger partial charge in [0.1, 0.15) is 0 Å². The van der Waals surface area contributed by atoms with E-state index < -0.39 is 0 Å². The Balaban J connectivity index is 1.71. The zero-order valence-corrected chi connectivity index (χ0v) is 10.2. The Kier molecular flexibility index (Phi) is 2.44. The summed E-state index contributed by atoms with van der Waals surface area (Å²) in [6.07, 6.45) is 2.25. The molecule has 2 aliphatic heterocycles. The SMILES string of the molecule is CN1CCC2(CC1)CN2C(=O)c1ccccc1. The van der Waals surface area contributed by atoms with Crippen molar-refractivity contribution < 1.29 is 4.79 Å². The second-order valence-electron chi connectivity index (χ2n) is 5.28. The number of hydrogen-bond donors (Lipinski definition) is 0. The van der Waals surface area contributed by atoms with Crippen LogP contribution in [0.25, 0.3) is 0 Å². The normalized spacial score (nSPS) is 22.8. The van der Waals surface area contributed by atoms with Gasteiger partial charge in [0.2, 0.25) is 0 Å². The van der Waals surface area contributed by atoms with E-state index in [2.05, 4.69) is 16.8 Å². The molecule has 17 heavy (non-hydrogen) atoms. The van der Waals surface area contributed by atoms with Crippen molar-refractivity contribution in [1.82, 2.24) is 9.80 Å². The summed E-state index contributed by atoms with van der Waals surface area (Å²) in [7, 11) is 2.15. The highest BCUT2D eigenvalue weighted by atomic mass is 16.2. The summed E-state index contributed by atoms with van der Waals surface area (Å²) in [5.74, 6) is 0.204. The lowest BCUT2D eigenvalue weighted by atomic mass is 9.97. The van der Waals surface area contributed by atoms with Crippen LogP contribution < -0.4 is 0 Å². The van der Waals surface area contributed by atoms with E-state index in [1.54, 1.807) is 0 Å². The van der Waals surface area contributed by atoms with Gasteiger partial charge in [-0.05, 0) is 32.0 Å². The van der Waals surface area contributed by atoms with E-state index in [4.69, 9.17) is 0 Å². The largest absolute Gasteiger partial charge is 0.329 e. The molecule has 2 fully saturated rings. The van der Waals surface area contributed by atoms with Crippen molar-refractivity contribution in [3.8, 4) is 0 Å². The van der Waals surface area contributed by atoms with Gasteiger partial charge in [0.05, 0.1) is 5.54 Å². The lowest BCUT2D eigenvalue weighted by Crippen LogP contribution is -2.38. The van der Waals surface area contributed by atoms with Crippen LogP contribution in [0.15, 0.2) is 30.3 Å². The minimum atomic E-state index is 0.194. The predicted octanol–water partition coefficient (Wildman–Crippen LogP) is 1.61. The van der Waals surface area contributed by atoms with Crippen molar-refractivity contribution in [3.63, 3.8) is 0 Å². The Bertz CT molecular complexity index is 421. The molecule has 0 radical (unpaired) electrons. The zero-order chi connectivity index (χ0) is 11.9. The van der Waals surface area contributed by atoms with Crippen LogP contribution in [0.3, 0.4) is 0 Å². The monoisotopic (exact) mass is 230 g/mol. The zero-order valence-electron chi connectivity index (χ0n) is 10.2. The van der Waals surface area contributed by atoms with E-state index in [9.17, 15) is 4.79 Å². The molecule has 1 amide bonds. The van der Waals surface area contributed by atoms with Crippen molar-refractivity contribution in [2.24, 2.45) is 0 Å². The first-order valence-corrected chi connectivity index (χ1v) is 6.27. The van der Waals surface area contributed by atoms with Gasteiger partial charge in [-0.25, -0.2) is 0 Å². The molecule has 0 unspecified atom stereocenters. The van der Waals surface area contributed by atoms with Gasteiger partial charge in [-0.2, -0.15) is 0 Å². The molecule has 3 nitrogen and oxygen atoms in total. The number of hydrogen-bond acceptors (Lipinski definition) is 2. The van der Waals surface area contributed by atoms with Gasteiger partial charge in [0.25, 0.3) is 5.91 Å². The van der Waals surface area contributed by atoms with Crippen molar-refractivity contribution in [3.05, 3.63) is 35.9 Å². The molecule has 0 aliphatic carbocycles. The Labute approximate surface area is 102 Å². The summed E-state index contributed by atoms with van der Waals surface area (Å²) in [5, 5.41) is 0. The van der Waals surface area contributed by atoms with Crippen molar-refractivity contribution in [2.45, 2.75) is 18.4 Å². The number of likely N-dealkylation sites (tertiary alicyclic amines) is 1. The van der Waals surface area contributed by atoms with Crippen LogP contribution in [0.2, 0.25) is 0 Å². The lowest BCUT2D eigenvalue weighted by molar-refractivity contribution is 0.0827. The van der Waals surface area contributed by atoms with E-state index in [-0.39, 0.29) is 11.4 Å². The van der Waals surface area contributed by atoms with Gasteiger partial charge in [-0.15, -0.1) is 0 Å². The maximum atomic E-state index is 12.3. The quantitative estimate of drug-likeness (QED) is 0.684. The highest BCUT2D eigenvalue weighted by Crippen LogP contribution is 2.42. The molecular formula is C14H18N2O. The summed E-state index contributed by atoms with van der Waals surface area (Å²) in [6, 6.07) is 9.62. The standard InChI is InChI=1S/C14H18N2O/c1-15-9-7-14(8-10-15)11-16(14)13(17)12-5-3-2-4-6-12/h2-6H,7-11H2,1H3. The molecule has 3 heteroatoms. The minimum absolute atomic E-state index is 0.194. The first-order valence-electron chi connectivity index (χ1n) is 6.27. The highest BCUT2D eigenvalue weighted by molar-refractivity contribution is 5.96. The minimum Gasteiger partial charge on any atom is -0.329 e. The van der Waals surface area contributed by atoms with Crippen molar-refractivity contribution >= 4 is 5.91 Å². The molecular weight excluding hydrogens is 212 g/mol. The van der Waals surface area contributed by atoms with E-state index in [1.807, 2.05) is 30.3 Å². The molecule has 1 aromatic rings. The van der Waals surface area contributed by atoms with Crippen LogP contribution in [0, 0.1) is 0 Å². The molecule has 1 aromatic carbocycles. The van der Waals surface area contributed by atoms with E-state index in [0.717, 1.165) is 38.0 Å². The van der Waals surface area contributed by atoms with Crippen molar-refractivity contribution in [2.75, 3.05) is 26.7 Å².